The van der Waals surface area contributed by atoms with Gasteiger partial charge in [0.2, 0.25) is 0 Å². The quantitative estimate of drug-likeness (QED) is 0.265. The average molecular weight is 446 g/mol. The van der Waals surface area contributed by atoms with Crippen molar-refractivity contribution in [3.05, 3.63) is 35.5 Å². The molecule has 0 aliphatic heterocycles. The molecule has 23 heavy (non-hydrogen) atoms. The molecule has 0 radical (unpaired) electrons. The molecule has 0 saturated heterocycles. The van der Waals surface area contributed by atoms with Gasteiger partial charge in [-0.15, -0.1) is 24.0 Å². The number of thioether (sulfide) groups is 1. The first kappa shape index (κ1) is 20.2. The summed E-state index contributed by atoms with van der Waals surface area (Å²) in [5.41, 5.74) is 4.02. The molecular weight excluding hydrogens is 419 g/mol. The summed E-state index contributed by atoms with van der Waals surface area (Å²) in [6.07, 6.45) is 6.28. The van der Waals surface area contributed by atoms with Gasteiger partial charge < -0.3 is 15.6 Å². The van der Waals surface area contributed by atoms with Gasteiger partial charge in [-0.1, -0.05) is 25.1 Å². The van der Waals surface area contributed by atoms with Crippen molar-refractivity contribution in [1.29, 1.82) is 0 Å². The van der Waals surface area contributed by atoms with Crippen molar-refractivity contribution in [2.24, 2.45) is 4.99 Å². The first-order valence-corrected chi connectivity index (χ1v) is 9.20. The molecule has 4 nitrogen and oxygen atoms in total. The van der Waals surface area contributed by atoms with Gasteiger partial charge in [0.15, 0.2) is 5.96 Å². The van der Waals surface area contributed by atoms with Gasteiger partial charge in [0.05, 0.1) is 0 Å². The Hall–Kier alpha value is -0.890. The number of hydrogen-bond acceptors (Lipinski definition) is 2. The molecule has 0 amide bonds. The van der Waals surface area contributed by atoms with Crippen molar-refractivity contribution in [3.63, 3.8) is 0 Å². The average Bonchev–Trinajstić information content (AvgIpc) is 2.96. The molecule has 1 aromatic heterocycles. The zero-order chi connectivity index (χ0) is 15.8. The van der Waals surface area contributed by atoms with Crippen molar-refractivity contribution in [3.8, 4) is 0 Å². The van der Waals surface area contributed by atoms with Crippen molar-refractivity contribution in [2.75, 3.05) is 32.1 Å². The molecule has 2 aromatic rings. The molecule has 0 saturated carbocycles. The third kappa shape index (κ3) is 5.60. The fourth-order valence-corrected chi connectivity index (χ4v) is 2.89. The molecule has 0 bridgehead atoms. The van der Waals surface area contributed by atoms with E-state index in [0.29, 0.717) is 0 Å². The van der Waals surface area contributed by atoms with Gasteiger partial charge in [-0.05, 0) is 30.2 Å². The van der Waals surface area contributed by atoms with Crippen LogP contribution in [0.5, 0.6) is 0 Å². The minimum atomic E-state index is 0. The SMILES string of the molecule is CCc1cccc2c(CCNC(=NC)NCCSC)c[nH]c12.I. The van der Waals surface area contributed by atoms with Gasteiger partial charge in [-0.2, -0.15) is 11.8 Å². The first-order chi connectivity index (χ1) is 10.8. The lowest BCUT2D eigenvalue weighted by Crippen LogP contribution is -2.39. The second-order valence-electron chi connectivity index (χ2n) is 5.18. The summed E-state index contributed by atoms with van der Waals surface area (Å²) in [5, 5.41) is 8.03. The van der Waals surface area contributed by atoms with Gasteiger partial charge in [0, 0.05) is 43.0 Å². The molecule has 0 aliphatic rings. The van der Waals surface area contributed by atoms with E-state index in [1.165, 1.54) is 22.0 Å². The van der Waals surface area contributed by atoms with Gasteiger partial charge >= 0.3 is 0 Å². The van der Waals surface area contributed by atoms with Crippen LogP contribution in [0.3, 0.4) is 0 Å². The van der Waals surface area contributed by atoms with Crippen LogP contribution in [0.25, 0.3) is 10.9 Å². The Morgan fingerprint density at radius 3 is 2.70 bits per heavy atom. The molecular formula is C17H27IN4S. The van der Waals surface area contributed by atoms with Gasteiger partial charge in [0.25, 0.3) is 0 Å². The number of aliphatic imine (C=N–C) groups is 1. The third-order valence-electron chi connectivity index (χ3n) is 3.78. The number of nitrogens with zero attached hydrogens (tertiary/aromatic N) is 1. The number of benzene rings is 1. The first-order valence-electron chi connectivity index (χ1n) is 7.81. The number of rotatable bonds is 7. The van der Waals surface area contributed by atoms with Crippen LogP contribution in [-0.4, -0.2) is 43.1 Å². The van der Waals surface area contributed by atoms with Gasteiger partial charge in [0.1, 0.15) is 0 Å². The van der Waals surface area contributed by atoms with Crippen molar-refractivity contribution >= 4 is 52.6 Å². The molecule has 6 heteroatoms. The van der Waals surface area contributed by atoms with E-state index < -0.39 is 0 Å². The Labute approximate surface area is 160 Å². The maximum atomic E-state index is 4.25. The summed E-state index contributed by atoms with van der Waals surface area (Å²) in [6.45, 7) is 4.01. The Balaban J connectivity index is 0.00000264. The molecule has 3 N–H and O–H groups in total. The lowest BCUT2D eigenvalue weighted by Gasteiger charge is -2.11. The fourth-order valence-electron chi connectivity index (χ4n) is 2.58. The number of hydrogen-bond donors (Lipinski definition) is 3. The van der Waals surface area contributed by atoms with Crippen LogP contribution >= 0.6 is 35.7 Å². The number of aromatic amines is 1. The highest BCUT2D eigenvalue weighted by Gasteiger charge is 2.06. The number of H-pyrrole nitrogens is 1. The monoisotopic (exact) mass is 446 g/mol. The summed E-state index contributed by atoms with van der Waals surface area (Å²) in [5.74, 6) is 1.96. The minimum absolute atomic E-state index is 0. The second-order valence-corrected chi connectivity index (χ2v) is 6.16. The number of guanidine groups is 1. The summed E-state index contributed by atoms with van der Waals surface area (Å²) in [6, 6.07) is 6.54. The van der Waals surface area contributed by atoms with E-state index >= 15 is 0 Å². The lowest BCUT2D eigenvalue weighted by molar-refractivity contribution is 0.814. The largest absolute Gasteiger partial charge is 0.361 e. The van der Waals surface area contributed by atoms with E-state index in [-0.39, 0.29) is 24.0 Å². The van der Waals surface area contributed by atoms with E-state index in [1.54, 1.807) is 0 Å². The van der Waals surface area contributed by atoms with E-state index in [1.807, 2.05) is 18.8 Å². The number of fused-ring (bicyclic) bond motifs is 1. The summed E-state index contributed by atoms with van der Waals surface area (Å²) >= 11 is 1.83. The van der Waals surface area contributed by atoms with E-state index in [9.17, 15) is 0 Å². The van der Waals surface area contributed by atoms with Crippen LogP contribution in [0.2, 0.25) is 0 Å². The highest BCUT2D eigenvalue weighted by Crippen LogP contribution is 2.22. The summed E-state index contributed by atoms with van der Waals surface area (Å²) in [4.78, 5) is 7.67. The number of para-hydroxylation sites is 1. The molecule has 0 spiro atoms. The normalized spacial score (nSPS) is 11.3. The molecule has 0 fully saturated rings. The zero-order valence-corrected chi connectivity index (χ0v) is 17.3. The number of aryl methyl sites for hydroxylation is 1. The van der Waals surface area contributed by atoms with Crippen LogP contribution in [0.15, 0.2) is 29.4 Å². The zero-order valence-electron chi connectivity index (χ0n) is 14.1. The van der Waals surface area contributed by atoms with E-state index in [4.69, 9.17) is 0 Å². The summed E-state index contributed by atoms with van der Waals surface area (Å²) < 4.78 is 0. The Bertz CT molecular complexity index is 624. The maximum Gasteiger partial charge on any atom is 0.191 e. The standard InChI is InChI=1S/C17H26N4S.HI/c1-4-13-6-5-7-15-14(12-21-16(13)15)8-9-19-17(18-2)20-10-11-22-3;/h5-7,12,21H,4,8-11H2,1-3H3,(H2,18,19,20);1H. The van der Waals surface area contributed by atoms with E-state index in [0.717, 1.165) is 37.6 Å². The van der Waals surface area contributed by atoms with Crippen LogP contribution in [0, 0.1) is 0 Å². The minimum Gasteiger partial charge on any atom is -0.361 e. The molecule has 1 aromatic carbocycles. The molecule has 0 atom stereocenters. The van der Waals surface area contributed by atoms with Gasteiger partial charge in [-0.25, -0.2) is 0 Å². The molecule has 1 heterocycles. The van der Waals surface area contributed by atoms with Crippen molar-refractivity contribution < 1.29 is 0 Å². The van der Waals surface area contributed by atoms with Gasteiger partial charge in [-0.3, -0.25) is 4.99 Å². The van der Waals surface area contributed by atoms with Crippen LogP contribution in [0.1, 0.15) is 18.1 Å². The fraction of sp³-hybridized carbons (Fsp3) is 0.471. The van der Waals surface area contributed by atoms with E-state index in [2.05, 4.69) is 58.2 Å². The Kier molecular flexibility index (Phi) is 9.47. The molecule has 0 unspecified atom stereocenters. The predicted octanol–water partition coefficient (Wildman–Crippen LogP) is 3.42. The Morgan fingerprint density at radius 2 is 2.00 bits per heavy atom. The Morgan fingerprint density at radius 1 is 1.22 bits per heavy atom. The molecule has 128 valence electrons. The molecule has 0 aliphatic carbocycles. The predicted molar refractivity (Wildman–Crippen MR) is 115 cm³/mol. The third-order valence-corrected chi connectivity index (χ3v) is 4.39. The smallest absolute Gasteiger partial charge is 0.191 e. The number of halogens is 1. The second kappa shape index (κ2) is 10.8. The highest BCUT2D eigenvalue weighted by molar-refractivity contribution is 14.0. The summed E-state index contributed by atoms with van der Waals surface area (Å²) in [7, 11) is 1.81. The van der Waals surface area contributed by atoms with Crippen LogP contribution in [-0.2, 0) is 12.8 Å². The van der Waals surface area contributed by atoms with Crippen molar-refractivity contribution in [1.82, 2.24) is 15.6 Å². The topological polar surface area (TPSA) is 52.2 Å². The molecule has 2 rings (SSSR count). The van der Waals surface area contributed by atoms with Crippen molar-refractivity contribution in [2.45, 2.75) is 19.8 Å². The lowest BCUT2D eigenvalue weighted by atomic mass is 10.1. The van der Waals surface area contributed by atoms with Crippen LogP contribution < -0.4 is 10.6 Å². The highest BCUT2D eigenvalue weighted by atomic mass is 127. The van der Waals surface area contributed by atoms with Crippen LogP contribution in [0.4, 0.5) is 0 Å². The number of nitrogens with one attached hydrogen (secondary N) is 3. The number of aromatic nitrogens is 1. The maximum absolute atomic E-state index is 4.25.